The van der Waals surface area contributed by atoms with Crippen molar-refractivity contribution in [3.63, 3.8) is 0 Å². The highest BCUT2D eigenvalue weighted by Crippen LogP contribution is 2.32. The minimum absolute atomic E-state index is 0.397. The Morgan fingerprint density at radius 1 is 1.65 bits per heavy atom. The van der Waals surface area contributed by atoms with Gasteiger partial charge in [0.1, 0.15) is 0 Å². The Balaban J connectivity index is 2.37. The highest BCUT2D eigenvalue weighted by molar-refractivity contribution is 6.00. The summed E-state index contributed by atoms with van der Waals surface area (Å²) in [4.78, 5) is 28.2. The molecule has 1 aromatic heterocycles. The molecule has 1 amide bonds. The third-order valence-corrected chi connectivity index (χ3v) is 2.74. The van der Waals surface area contributed by atoms with Gasteiger partial charge in [-0.05, 0) is 19.1 Å². The molecular weight excluding hydrogens is 224 g/mol. The standard InChI is InChI=1S/C11H12N2O4/c1-6(11(15)16)8-10(14)13(2)9-7(17-8)4-3-5-12-9/h3-6,8H,1-2H3,(H,15,16). The number of ether oxygens (including phenoxy) is 1. The van der Waals surface area contributed by atoms with Crippen molar-refractivity contribution in [2.75, 3.05) is 11.9 Å². The minimum Gasteiger partial charge on any atom is -0.481 e. The molecule has 0 bridgehead atoms. The highest BCUT2D eigenvalue weighted by Gasteiger charge is 2.39. The topological polar surface area (TPSA) is 79.7 Å². The van der Waals surface area contributed by atoms with Crippen molar-refractivity contribution in [1.82, 2.24) is 4.98 Å². The number of hydrogen-bond acceptors (Lipinski definition) is 4. The molecule has 2 rings (SSSR count). The van der Waals surface area contributed by atoms with Gasteiger partial charge in [0.25, 0.3) is 5.91 Å². The van der Waals surface area contributed by atoms with Crippen molar-refractivity contribution in [3.05, 3.63) is 18.3 Å². The van der Waals surface area contributed by atoms with Crippen LogP contribution in [0.4, 0.5) is 5.82 Å². The van der Waals surface area contributed by atoms with Crippen LogP contribution in [-0.4, -0.2) is 35.1 Å². The van der Waals surface area contributed by atoms with Crippen LogP contribution in [-0.2, 0) is 9.59 Å². The van der Waals surface area contributed by atoms with Crippen molar-refractivity contribution in [1.29, 1.82) is 0 Å². The first-order chi connectivity index (χ1) is 8.02. The van der Waals surface area contributed by atoms with E-state index in [1.165, 1.54) is 11.8 Å². The number of aromatic nitrogens is 1. The van der Waals surface area contributed by atoms with E-state index >= 15 is 0 Å². The van der Waals surface area contributed by atoms with Gasteiger partial charge in [-0.2, -0.15) is 0 Å². The van der Waals surface area contributed by atoms with Gasteiger partial charge >= 0.3 is 5.97 Å². The number of amides is 1. The van der Waals surface area contributed by atoms with E-state index in [2.05, 4.69) is 4.98 Å². The van der Waals surface area contributed by atoms with Gasteiger partial charge in [-0.25, -0.2) is 4.98 Å². The van der Waals surface area contributed by atoms with Gasteiger partial charge in [0.2, 0.25) is 0 Å². The third-order valence-electron chi connectivity index (χ3n) is 2.74. The Morgan fingerprint density at radius 2 is 2.35 bits per heavy atom. The molecule has 0 fully saturated rings. The van der Waals surface area contributed by atoms with Crippen LogP contribution in [0.3, 0.4) is 0 Å². The summed E-state index contributed by atoms with van der Waals surface area (Å²) in [5, 5.41) is 8.92. The third kappa shape index (κ3) is 1.82. The summed E-state index contributed by atoms with van der Waals surface area (Å²) >= 11 is 0. The lowest BCUT2D eigenvalue weighted by Gasteiger charge is -2.32. The minimum atomic E-state index is -1.07. The number of carbonyl (C=O) groups is 2. The molecule has 1 aromatic rings. The van der Waals surface area contributed by atoms with Crippen molar-refractivity contribution in [3.8, 4) is 5.75 Å². The van der Waals surface area contributed by atoms with Gasteiger partial charge in [0, 0.05) is 13.2 Å². The molecule has 0 spiro atoms. The van der Waals surface area contributed by atoms with Crippen LogP contribution >= 0.6 is 0 Å². The number of aliphatic carboxylic acids is 1. The first-order valence-electron chi connectivity index (χ1n) is 5.14. The summed E-state index contributed by atoms with van der Waals surface area (Å²) in [6.45, 7) is 1.44. The average Bonchev–Trinajstić information content (AvgIpc) is 2.33. The predicted molar refractivity (Wildman–Crippen MR) is 58.9 cm³/mol. The van der Waals surface area contributed by atoms with Crippen LogP contribution < -0.4 is 9.64 Å². The maximum absolute atomic E-state index is 11.9. The number of carboxylic acids is 1. The summed E-state index contributed by atoms with van der Waals surface area (Å²) in [5.74, 6) is -1.53. The van der Waals surface area contributed by atoms with E-state index in [1.54, 1.807) is 25.4 Å². The Kier molecular flexibility index (Phi) is 2.71. The Hall–Kier alpha value is -2.11. The molecule has 0 aliphatic carbocycles. The average molecular weight is 236 g/mol. The molecule has 2 heterocycles. The summed E-state index contributed by atoms with van der Waals surface area (Å²) < 4.78 is 5.40. The van der Waals surface area contributed by atoms with E-state index in [0.29, 0.717) is 11.6 Å². The summed E-state index contributed by atoms with van der Waals surface area (Å²) in [7, 11) is 1.55. The molecule has 0 aromatic carbocycles. The lowest BCUT2D eigenvalue weighted by atomic mass is 10.0. The lowest BCUT2D eigenvalue weighted by molar-refractivity contribution is -0.148. The molecule has 1 N–H and O–H groups in total. The quantitative estimate of drug-likeness (QED) is 0.810. The van der Waals surface area contributed by atoms with Crippen LogP contribution in [0.15, 0.2) is 18.3 Å². The van der Waals surface area contributed by atoms with Crippen LogP contribution in [0.25, 0.3) is 0 Å². The zero-order valence-corrected chi connectivity index (χ0v) is 9.45. The van der Waals surface area contributed by atoms with E-state index < -0.39 is 23.9 Å². The van der Waals surface area contributed by atoms with E-state index in [4.69, 9.17) is 9.84 Å². The first kappa shape index (κ1) is 11.4. The molecule has 2 unspecified atom stereocenters. The second kappa shape index (κ2) is 4.04. The Morgan fingerprint density at radius 3 is 3.00 bits per heavy atom. The van der Waals surface area contributed by atoms with Crippen LogP contribution in [0, 0.1) is 5.92 Å². The van der Waals surface area contributed by atoms with E-state index in [-0.39, 0.29) is 0 Å². The van der Waals surface area contributed by atoms with E-state index in [9.17, 15) is 9.59 Å². The summed E-state index contributed by atoms with van der Waals surface area (Å²) in [6, 6.07) is 3.33. The fourth-order valence-electron chi connectivity index (χ4n) is 1.65. The van der Waals surface area contributed by atoms with Crippen LogP contribution in [0.5, 0.6) is 5.75 Å². The zero-order valence-electron chi connectivity index (χ0n) is 9.45. The smallest absolute Gasteiger partial charge is 0.310 e. The normalized spacial score (nSPS) is 20.5. The predicted octanol–water partition coefficient (Wildman–Crippen LogP) is 0.526. The number of carboxylic acid groups (broad SMARTS) is 1. The van der Waals surface area contributed by atoms with Crippen molar-refractivity contribution in [2.24, 2.45) is 5.92 Å². The van der Waals surface area contributed by atoms with E-state index in [1.807, 2.05) is 0 Å². The molecule has 17 heavy (non-hydrogen) atoms. The molecule has 0 saturated carbocycles. The molecule has 6 heteroatoms. The SMILES string of the molecule is CC(C(=O)O)C1Oc2cccnc2N(C)C1=O. The van der Waals surface area contributed by atoms with Gasteiger partial charge < -0.3 is 9.84 Å². The molecule has 1 aliphatic rings. The largest absolute Gasteiger partial charge is 0.481 e. The van der Waals surface area contributed by atoms with Crippen molar-refractivity contribution < 1.29 is 19.4 Å². The lowest BCUT2D eigenvalue weighted by Crippen LogP contribution is -2.49. The Bertz CT molecular complexity index is 474. The number of fused-ring (bicyclic) bond motifs is 1. The second-order valence-corrected chi connectivity index (χ2v) is 3.89. The summed E-state index contributed by atoms with van der Waals surface area (Å²) in [5.41, 5.74) is 0. The zero-order chi connectivity index (χ0) is 12.6. The Labute approximate surface area is 97.8 Å². The molecule has 6 nitrogen and oxygen atoms in total. The van der Waals surface area contributed by atoms with Crippen LogP contribution in [0.2, 0.25) is 0 Å². The van der Waals surface area contributed by atoms with Gasteiger partial charge in [-0.15, -0.1) is 0 Å². The van der Waals surface area contributed by atoms with Gasteiger partial charge in [-0.1, -0.05) is 0 Å². The number of pyridine rings is 1. The second-order valence-electron chi connectivity index (χ2n) is 3.89. The monoisotopic (exact) mass is 236 g/mol. The molecule has 0 radical (unpaired) electrons. The molecule has 2 atom stereocenters. The van der Waals surface area contributed by atoms with E-state index in [0.717, 1.165) is 0 Å². The maximum atomic E-state index is 11.9. The number of anilines is 1. The molecule has 0 saturated heterocycles. The number of nitrogens with zero attached hydrogens (tertiary/aromatic N) is 2. The number of likely N-dealkylation sites (N-methyl/N-ethyl adjacent to an activating group) is 1. The molecule has 90 valence electrons. The fourth-order valence-corrected chi connectivity index (χ4v) is 1.65. The van der Waals surface area contributed by atoms with Crippen molar-refractivity contribution in [2.45, 2.75) is 13.0 Å². The van der Waals surface area contributed by atoms with Gasteiger partial charge in [0.05, 0.1) is 5.92 Å². The van der Waals surface area contributed by atoms with Gasteiger partial charge in [-0.3, -0.25) is 14.5 Å². The number of hydrogen-bond donors (Lipinski definition) is 1. The number of rotatable bonds is 2. The fraction of sp³-hybridized carbons (Fsp3) is 0.364. The highest BCUT2D eigenvalue weighted by atomic mass is 16.5. The first-order valence-corrected chi connectivity index (χ1v) is 5.14. The van der Waals surface area contributed by atoms with Gasteiger partial charge in [0.15, 0.2) is 17.7 Å². The maximum Gasteiger partial charge on any atom is 0.310 e. The number of carbonyl (C=O) groups excluding carboxylic acids is 1. The van der Waals surface area contributed by atoms with Crippen molar-refractivity contribution >= 4 is 17.7 Å². The molecule has 1 aliphatic heterocycles. The van der Waals surface area contributed by atoms with Crippen LogP contribution in [0.1, 0.15) is 6.92 Å². The molecular formula is C11H12N2O4. The summed E-state index contributed by atoms with van der Waals surface area (Å²) in [6.07, 6.45) is 0.543.